The van der Waals surface area contributed by atoms with Crippen LogP contribution in [0.4, 0.5) is 13.2 Å². The number of hydrogen-bond donors (Lipinski definition) is 0. The van der Waals surface area contributed by atoms with Crippen molar-refractivity contribution >= 4 is 17.7 Å². The molecule has 0 N–H and O–H groups in total. The Bertz CT molecular complexity index is 1170. The van der Waals surface area contributed by atoms with E-state index in [4.69, 9.17) is 5.10 Å². The summed E-state index contributed by atoms with van der Waals surface area (Å²) in [4.78, 5) is 20.7. The third-order valence-corrected chi connectivity index (χ3v) is 6.09. The molecule has 0 radical (unpaired) electrons. The highest BCUT2D eigenvalue weighted by molar-refractivity contribution is 8.00. The van der Waals surface area contributed by atoms with Gasteiger partial charge in [-0.05, 0) is 55.7 Å². The molecule has 178 valence electrons. The zero-order valence-corrected chi connectivity index (χ0v) is 19.6. The molecule has 6 nitrogen and oxygen atoms in total. The average molecular weight is 488 g/mol. The van der Waals surface area contributed by atoms with Gasteiger partial charge < -0.3 is 9.80 Å². The van der Waals surface area contributed by atoms with Crippen molar-refractivity contribution in [2.75, 3.05) is 27.2 Å². The Balaban J connectivity index is 1.68. The number of alkyl halides is 3. The second kappa shape index (κ2) is 10.0. The van der Waals surface area contributed by atoms with Gasteiger partial charge >= 0.3 is 5.51 Å². The van der Waals surface area contributed by atoms with Crippen molar-refractivity contribution in [3.8, 4) is 22.4 Å². The summed E-state index contributed by atoms with van der Waals surface area (Å²) in [7, 11) is 3.87. The van der Waals surface area contributed by atoms with Crippen LogP contribution in [0.2, 0.25) is 0 Å². The standard InChI is InChI=1S/C24H24F3N5OS/c1-30(2)13-3-4-21(33)31-14-15-32-20(16-31)22(17-9-11-28-12-10-17)23(29-32)18-5-7-19(8-6-18)34-24(25,26)27/h3-12H,13-16H2,1-2H3/b4-3+. The van der Waals surface area contributed by atoms with E-state index in [9.17, 15) is 18.0 Å². The Labute approximate surface area is 200 Å². The summed E-state index contributed by atoms with van der Waals surface area (Å²) >= 11 is -0.143. The van der Waals surface area contributed by atoms with E-state index in [2.05, 4.69) is 4.98 Å². The molecule has 1 aliphatic rings. The first kappa shape index (κ1) is 24.0. The molecule has 0 spiro atoms. The molecule has 34 heavy (non-hydrogen) atoms. The third-order valence-electron chi connectivity index (χ3n) is 5.35. The molecule has 1 aromatic carbocycles. The Morgan fingerprint density at radius 2 is 1.79 bits per heavy atom. The van der Waals surface area contributed by atoms with Crippen LogP contribution < -0.4 is 0 Å². The van der Waals surface area contributed by atoms with Gasteiger partial charge in [0.1, 0.15) is 5.69 Å². The number of nitrogens with zero attached hydrogens (tertiary/aromatic N) is 5. The van der Waals surface area contributed by atoms with Crippen LogP contribution in [-0.2, 0) is 17.9 Å². The molecule has 3 aromatic rings. The second-order valence-corrected chi connectivity index (χ2v) is 9.26. The van der Waals surface area contributed by atoms with Crippen molar-refractivity contribution < 1.29 is 18.0 Å². The van der Waals surface area contributed by atoms with E-state index in [0.717, 1.165) is 16.8 Å². The van der Waals surface area contributed by atoms with Crippen LogP contribution in [0, 0.1) is 0 Å². The first-order chi connectivity index (χ1) is 16.2. The summed E-state index contributed by atoms with van der Waals surface area (Å²) in [6.07, 6.45) is 6.80. The van der Waals surface area contributed by atoms with Crippen molar-refractivity contribution in [3.05, 3.63) is 66.6 Å². The van der Waals surface area contributed by atoms with Gasteiger partial charge in [-0.15, -0.1) is 0 Å². The Morgan fingerprint density at radius 1 is 1.09 bits per heavy atom. The van der Waals surface area contributed by atoms with Gasteiger partial charge in [0.2, 0.25) is 5.91 Å². The first-order valence-corrected chi connectivity index (χ1v) is 11.5. The van der Waals surface area contributed by atoms with Gasteiger partial charge in [0.25, 0.3) is 0 Å². The quantitative estimate of drug-likeness (QED) is 0.373. The molecule has 0 saturated carbocycles. The highest BCUT2D eigenvalue weighted by Gasteiger charge is 2.30. The maximum absolute atomic E-state index is 12.8. The Kier molecular flexibility index (Phi) is 7.08. The lowest BCUT2D eigenvalue weighted by Crippen LogP contribution is -2.37. The number of aromatic nitrogens is 3. The first-order valence-electron chi connectivity index (χ1n) is 10.7. The maximum atomic E-state index is 12.8. The van der Waals surface area contributed by atoms with Crippen molar-refractivity contribution in [3.63, 3.8) is 0 Å². The average Bonchev–Trinajstić information content (AvgIpc) is 3.17. The molecule has 0 unspecified atom stereocenters. The number of amides is 1. The topological polar surface area (TPSA) is 54.3 Å². The maximum Gasteiger partial charge on any atom is 0.446 e. The molecule has 10 heteroatoms. The van der Waals surface area contributed by atoms with E-state index >= 15 is 0 Å². The van der Waals surface area contributed by atoms with Gasteiger partial charge in [-0.2, -0.15) is 18.3 Å². The Hall–Kier alpha value is -3.11. The van der Waals surface area contributed by atoms with Gasteiger partial charge in [-0.1, -0.05) is 18.2 Å². The van der Waals surface area contributed by atoms with Gasteiger partial charge in [-0.3, -0.25) is 14.5 Å². The molecule has 1 aliphatic heterocycles. The number of pyridine rings is 1. The molecular weight excluding hydrogens is 463 g/mol. The van der Waals surface area contributed by atoms with Crippen molar-refractivity contribution in [2.24, 2.45) is 0 Å². The predicted molar refractivity (Wildman–Crippen MR) is 126 cm³/mol. The minimum absolute atomic E-state index is 0.0648. The minimum Gasteiger partial charge on any atom is -0.331 e. The highest BCUT2D eigenvalue weighted by atomic mass is 32.2. The molecule has 4 rings (SSSR count). The fourth-order valence-electron chi connectivity index (χ4n) is 3.81. The van der Waals surface area contributed by atoms with E-state index in [1.54, 1.807) is 35.5 Å². The summed E-state index contributed by atoms with van der Waals surface area (Å²) in [5.41, 5.74) is -0.332. The largest absolute Gasteiger partial charge is 0.446 e. The van der Waals surface area contributed by atoms with Gasteiger partial charge in [0, 0.05) is 47.6 Å². The van der Waals surface area contributed by atoms with Crippen LogP contribution in [0.5, 0.6) is 0 Å². The molecule has 1 amide bonds. The number of benzene rings is 1. The van der Waals surface area contributed by atoms with E-state index in [1.807, 2.05) is 41.9 Å². The third kappa shape index (κ3) is 5.68. The van der Waals surface area contributed by atoms with Crippen LogP contribution in [0.15, 0.2) is 65.8 Å². The number of likely N-dealkylation sites (N-methyl/N-ethyl adjacent to an activating group) is 1. The molecule has 0 atom stereocenters. The van der Waals surface area contributed by atoms with Crippen LogP contribution >= 0.6 is 11.8 Å². The summed E-state index contributed by atoms with van der Waals surface area (Å²) in [6.45, 7) is 2.11. The number of halogens is 3. The predicted octanol–water partition coefficient (Wildman–Crippen LogP) is 4.68. The number of fused-ring (bicyclic) bond motifs is 1. The monoisotopic (exact) mass is 487 g/mol. The zero-order valence-electron chi connectivity index (χ0n) is 18.8. The number of thioether (sulfide) groups is 1. The lowest BCUT2D eigenvalue weighted by molar-refractivity contribution is -0.127. The van der Waals surface area contributed by atoms with Crippen LogP contribution in [0.25, 0.3) is 22.4 Å². The summed E-state index contributed by atoms with van der Waals surface area (Å²) in [5.74, 6) is -0.0648. The molecular formula is C24H24F3N5OS. The van der Waals surface area contributed by atoms with Crippen LogP contribution in [0.3, 0.4) is 0 Å². The Morgan fingerprint density at radius 3 is 2.44 bits per heavy atom. The van der Waals surface area contributed by atoms with Gasteiger partial charge in [-0.25, -0.2) is 0 Å². The molecule has 0 aliphatic carbocycles. The fourth-order valence-corrected chi connectivity index (χ4v) is 4.35. The van der Waals surface area contributed by atoms with Crippen LogP contribution in [-0.4, -0.2) is 63.2 Å². The zero-order chi connectivity index (χ0) is 24.3. The van der Waals surface area contributed by atoms with Crippen LogP contribution in [0.1, 0.15) is 5.69 Å². The van der Waals surface area contributed by atoms with E-state index in [1.165, 1.54) is 12.1 Å². The van der Waals surface area contributed by atoms with E-state index < -0.39 is 5.51 Å². The lowest BCUT2D eigenvalue weighted by atomic mass is 9.99. The fraction of sp³-hybridized carbons (Fsp3) is 0.292. The number of hydrogen-bond acceptors (Lipinski definition) is 5. The molecule has 2 aromatic heterocycles. The van der Waals surface area contributed by atoms with Gasteiger partial charge in [0.05, 0.1) is 18.8 Å². The molecule has 0 saturated heterocycles. The van der Waals surface area contributed by atoms with Crippen molar-refractivity contribution in [1.82, 2.24) is 24.6 Å². The summed E-state index contributed by atoms with van der Waals surface area (Å²) in [5, 5.41) is 4.79. The molecule has 0 fully saturated rings. The van der Waals surface area contributed by atoms with E-state index in [0.29, 0.717) is 37.4 Å². The summed E-state index contributed by atoms with van der Waals surface area (Å²) < 4.78 is 40.1. The lowest BCUT2D eigenvalue weighted by Gasteiger charge is -2.27. The van der Waals surface area contributed by atoms with Crippen molar-refractivity contribution in [1.29, 1.82) is 0 Å². The minimum atomic E-state index is -4.34. The van der Waals surface area contributed by atoms with Gasteiger partial charge in [0.15, 0.2) is 0 Å². The molecule has 3 heterocycles. The SMILES string of the molecule is CN(C)C/C=C/C(=O)N1CCn2nc(-c3ccc(SC(F)(F)F)cc3)c(-c3ccncc3)c2C1. The normalized spacial score (nSPS) is 14.1. The number of rotatable bonds is 6. The summed E-state index contributed by atoms with van der Waals surface area (Å²) in [6, 6.07) is 9.95. The molecule has 0 bridgehead atoms. The highest BCUT2D eigenvalue weighted by Crippen LogP contribution is 2.40. The smallest absolute Gasteiger partial charge is 0.331 e. The number of carbonyl (C=O) groups excluding carboxylic acids is 1. The van der Waals surface area contributed by atoms with E-state index in [-0.39, 0.29) is 22.6 Å². The second-order valence-electron chi connectivity index (χ2n) is 8.13. The number of carbonyl (C=O) groups is 1. The van der Waals surface area contributed by atoms with Crippen molar-refractivity contribution in [2.45, 2.75) is 23.5 Å².